The molecule has 36 heavy (non-hydrogen) atoms. The van der Waals surface area contributed by atoms with Crippen molar-refractivity contribution in [3.05, 3.63) is 35.9 Å². The van der Waals surface area contributed by atoms with Gasteiger partial charge in [0.2, 0.25) is 17.7 Å². The summed E-state index contributed by atoms with van der Waals surface area (Å²) in [5.41, 5.74) is 12.1. The highest BCUT2D eigenvalue weighted by Gasteiger charge is 2.34. The quantitative estimate of drug-likeness (QED) is 0.147. The number of amides is 3. The molecule has 0 radical (unpaired) electrons. The van der Waals surface area contributed by atoms with Crippen molar-refractivity contribution in [2.24, 2.45) is 17.4 Å². The van der Waals surface area contributed by atoms with Crippen LogP contribution in [0.1, 0.15) is 52.0 Å². The Morgan fingerprint density at radius 2 is 1.50 bits per heavy atom. The molecule has 11 nitrogen and oxygen atoms in total. The number of carbonyl (C=O) groups excluding carboxylic acids is 3. The molecular weight excluding hydrogens is 466 g/mol. The van der Waals surface area contributed by atoms with E-state index in [1.807, 2.05) is 6.92 Å². The molecule has 3 amide bonds. The summed E-state index contributed by atoms with van der Waals surface area (Å²) in [4.78, 5) is 50.3. The number of carbonyl (C=O) groups is 4. The van der Waals surface area contributed by atoms with Crippen LogP contribution < -0.4 is 27.4 Å². The Kier molecular flexibility index (Phi) is 13.7. The van der Waals surface area contributed by atoms with Crippen molar-refractivity contribution in [3.63, 3.8) is 0 Å². The van der Waals surface area contributed by atoms with Gasteiger partial charge >= 0.3 is 5.97 Å². The van der Waals surface area contributed by atoms with E-state index < -0.39 is 54.0 Å². The molecule has 0 aliphatic rings. The average molecular weight is 508 g/mol. The van der Waals surface area contributed by atoms with Gasteiger partial charge in [-0.25, -0.2) is 4.79 Å². The maximum atomic E-state index is 13.1. The van der Waals surface area contributed by atoms with Crippen LogP contribution >= 0.6 is 0 Å². The second-order valence-electron chi connectivity index (χ2n) is 9.08. The summed E-state index contributed by atoms with van der Waals surface area (Å²) in [6, 6.07) is 4.23. The molecule has 11 heteroatoms. The number of aliphatic carboxylic acids is 1. The Morgan fingerprint density at radius 3 is 2.03 bits per heavy atom. The molecule has 6 unspecified atom stereocenters. The van der Waals surface area contributed by atoms with Crippen molar-refractivity contribution in [1.82, 2.24) is 16.0 Å². The molecule has 1 aromatic rings. The fourth-order valence-electron chi connectivity index (χ4n) is 3.56. The van der Waals surface area contributed by atoms with Gasteiger partial charge in [-0.05, 0) is 37.8 Å². The maximum absolute atomic E-state index is 13.1. The number of carboxylic acid groups (broad SMARTS) is 1. The Bertz CT molecular complexity index is 851. The van der Waals surface area contributed by atoms with Gasteiger partial charge in [0, 0.05) is 6.42 Å². The number of unbranched alkanes of at least 4 members (excludes halogenated alkanes) is 1. The number of aliphatic hydroxyl groups excluding tert-OH is 1. The van der Waals surface area contributed by atoms with Gasteiger partial charge < -0.3 is 37.6 Å². The van der Waals surface area contributed by atoms with Crippen LogP contribution in [-0.4, -0.2) is 70.7 Å². The summed E-state index contributed by atoms with van der Waals surface area (Å²) in [6.45, 7) is 5.41. The summed E-state index contributed by atoms with van der Waals surface area (Å²) in [7, 11) is 0. The van der Waals surface area contributed by atoms with E-state index in [4.69, 9.17) is 11.5 Å². The fourth-order valence-corrected chi connectivity index (χ4v) is 3.56. The third kappa shape index (κ3) is 10.3. The van der Waals surface area contributed by atoms with Crippen LogP contribution in [0, 0.1) is 5.92 Å². The first-order valence-corrected chi connectivity index (χ1v) is 12.3. The van der Waals surface area contributed by atoms with Gasteiger partial charge in [-0.15, -0.1) is 0 Å². The van der Waals surface area contributed by atoms with Gasteiger partial charge in [0.1, 0.15) is 18.1 Å². The summed E-state index contributed by atoms with van der Waals surface area (Å²) < 4.78 is 0. The number of nitrogens with one attached hydrogen (secondary N) is 3. The number of hydrogen-bond acceptors (Lipinski definition) is 7. The van der Waals surface area contributed by atoms with E-state index in [2.05, 4.69) is 16.0 Å². The molecule has 0 heterocycles. The third-order valence-corrected chi connectivity index (χ3v) is 6.06. The smallest absolute Gasteiger partial charge is 0.326 e. The molecule has 6 atom stereocenters. The van der Waals surface area contributed by atoms with Gasteiger partial charge in [-0.1, -0.05) is 57.0 Å². The highest BCUT2D eigenvalue weighted by molar-refractivity contribution is 5.94. The van der Waals surface area contributed by atoms with Crippen LogP contribution in [0.5, 0.6) is 0 Å². The Morgan fingerprint density at radius 1 is 0.917 bits per heavy atom. The van der Waals surface area contributed by atoms with Gasteiger partial charge in [0.15, 0.2) is 0 Å². The van der Waals surface area contributed by atoms with E-state index in [1.54, 1.807) is 37.3 Å². The van der Waals surface area contributed by atoms with Crippen molar-refractivity contribution >= 4 is 23.7 Å². The Hall–Kier alpha value is -3.02. The summed E-state index contributed by atoms with van der Waals surface area (Å²) in [5.74, 6) is -3.58. The van der Waals surface area contributed by atoms with Gasteiger partial charge in [-0.3, -0.25) is 14.4 Å². The summed E-state index contributed by atoms with van der Waals surface area (Å²) in [6.07, 6.45) is 1.05. The maximum Gasteiger partial charge on any atom is 0.326 e. The van der Waals surface area contributed by atoms with Crippen molar-refractivity contribution in [2.45, 2.75) is 83.1 Å². The van der Waals surface area contributed by atoms with Crippen molar-refractivity contribution in [2.75, 3.05) is 6.54 Å². The van der Waals surface area contributed by atoms with Crippen LogP contribution in [0.15, 0.2) is 30.3 Å². The molecule has 0 saturated heterocycles. The van der Waals surface area contributed by atoms with E-state index in [0.29, 0.717) is 31.4 Å². The lowest BCUT2D eigenvalue weighted by molar-refractivity contribution is -0.143. The molecule has 0 aliphatic heterocycles. The SMILES string of the molecule is CCC(C)C(NC(=O)C(N)CCCCN)C(=O)NC(C(=O)NC(Cc1ccccc1)C(=O)O)C(C)O. The lowest BCUT2D eigenvalue weighted by Gasteiger charge is -2.29. The van der Waals surface area contributed by atoms with Crippen LogP contribution in [-0.2, 0) is 25.6 Å². The zero-order valence-corrected chi connectivity index (χ0v) is 21.3. The molecule has 1 rings (SSSR count). The van der Waals surface area contributed by atoms with E-state index in [0.717, 1.165) is 6.42 Å². The van der Waals surface area contributed by atoms with Crippen LogP contribution in [0.2, 0.25) is 0 Å². The zero-order chi connectivity index (χ0) is 27.3. The number of nitrogens with two attached hydrogens (primary N) is 2. The van der Waals surface area contributed by atoms with E-state index in [1.165, 1.54) is 6.92 Å². The molecule has 202 valence electrons. The Balaban J connectivity index is 2.93. The van der Waals surface area contributed by atoms with E-state index in [9.17, 15) is 29.4 Å². The number of carboxylic acids is 1. The first-order valence-electron chi connectivity index (χ1n) is 12.3. The predicted octanol–water partition coefficient (Wildman–Crippen LogP) is -0.349. The van der Waals surface area contributed by atoms with Crippen molar-refractivity contribution in [1.29, 1.82) is 0 Å². The minimum absolute atomic E-state index is 0.0238. The van der Waals surface area contributed by atoms with Crippen molar-refractivity contribution in [3.8, 4) is 0 Å². The van der Waals surface area contributed by atoms with E-state index in [-0.39, 0.29) is 12.3 Å². The average Bonchev–Trinajstić information content (AvgIpc) is 2.84. The van der Waals surface area contributed by atoms with E-state index >= 15 is 0 Å². The molecule has 9 N–H and O–H groups in total. The lowest BCUT2D eigenvalue weighted by atomic mass is 9.96. The second-order valence-corrected chi connectivity index (χ2v) is 9.08. The first kappa shape index (κ1) is 31.0. The molecule has 0 aromatic heterocycles. The number of rotatable bonds is 16. The topological polar surface area (TPSA) is 197 Å². The van der Waals surface area contributed by atoms with Crippen LogP contribution in [0.3, 0.4) is 0 Å². The third-order valence-electron chi connectivity index (χ3n) is 6.06. The Labute approximate surface area is 212 Å². The molecule has 0 saturated carbocycles. The second kappa shape index (κ2) is 15.9. The standard InChI is InChI=1S/C25H41N5O6/c1-4-15(2)20(29-22(32)18(27)12-8-9-13-26)23(33)30-21(16(3)31)24(34)28-19(25(35)36)14-17-10-6-5-7-11-17/h5-7,10-11,15-16,18-21,31H,4,8-9,12-14,26-27H2,1-3H3,(H,28,34)(H,29,32)(H,30,33)(H,35,36). The minimum Gasteiger partial charge on any atom is -0.480 e. The number of benzene rings is 1. The lowest BCUT2D eigenvalue weighted by Crippen LogP contribution is -2.61. The molecule has 1 aromatic carbocycles. The molecule has 0 bridgehead atoms. The molecule has 0 aliphatic carbocycles. The predicted molar refractivity (Wildman–Crippen MR) is 136 cm³/mol. The summed E-state index contributed by atoms with van der Waals surface area (Å²) in [5, 5.41) is 27.3. The monoisotopic (exact) mass is 507 g/mol. The highest BCUT2D eigenvalue weighted by Crippen LogP contribution is 2.11. The number of aliphatic hydroxyl groups is 1. The minimum atomic E-state index is -1.43. The molecular formula is C25H41N5O6. The van der Waals surface area contributed by atoms with Gasteiger partial charge in [0.25, 0.3) is 0 Å². The van der Waals surface area contributed by atoms with Gasteiger partial charge in [-0.2, -0.15) is 0 Å². The number of hydrogen-bond donors (Lipinski definition) is 7. The normalized spacial score (nSPS) is 16.1. The summed E-state index contributed by atoms with van der Waals surface area (Å²) >= 11 is 0. The highest BCUT2D eigenvalue weighted by atomic mass is 16.4. The fraction of sp³-hybridized carbons (Fsp3) is 0.600. The molecule has 0 fully saturated rings. The first-order chi connectivity index (χ1) is 17.0. The van der Waals surface area contributed by atoms with Crippen LogP contribution in [0.4, 0.5) is 0 Å². The molecule has 0 spiro atoms. The zero-order valence-electron chi connectivity index (χ0n) is 21.3. The van der Waals surface area contributed by atoms with Crippen LogP contribution in [0.25, 0.3) is 0 Å². The van der Waals surface area contributed by atoms with Gasteiger partial charge in [0.05, 0.1) is 12.1 Å². The van der Waals surface area contributed by atoms with Crippen molar-refractivity contribution < 1.29 is 29.4 Å². The largest absolute Gasteiger partial charge is 0.480 e.